The van der Waals surface area contributed by atoms with E-state index in [2.05, 4.69) is 23.5 Å². The summed E-state index contributed by atoms with van der Waals surface area (Å²) in [5.41, 5.74) is 3.69. The second-order valence-corrected chi connectivity index (χ2v) is 10.9. The van der Waals surface area contributed by atoms with Gasteiger partial charge in [-0.2, -0.15) is 5.26 Å². The zero-order valence-electron chi connectivity index (χ0n) is 24.4. The number of nitrogens with zero attached hydrogens (tertiary/aromatic N) is 5. The highest BCUT2D eigenvalue weighted by Gasteiger charge is 2.27. The molecule has 1 N–H and O–H groups in total. The molecule has 2 aromatic rings. The molecule has 1 heterocycles. The van der Waals surface area contributed by atoms with Crippen molar-refractivity contribution in [2.24, 2.45) is 0 Å². The molecule has 0 spiro atoms. The van der Waals surface area contributed by atoms with Gasteiger partial charge in [0.25, 0.3) is 5.91 Å². The average Bonchev–Trinajstić information content (AvgIpc) is 3.34. The largest absolute Gasteiger partial charge is 0.444 e. The van der Waals surface area contributed by atoms with Gasteiger partial charge in [0.1, 0.15) is 5.60 Å². The number of carbonyl (C=O) groups is 3. The summed E-state index contributed by atoms with van der Waals surface area (Å²) in [5.74, 6) is -0.476. The fraction of sp³-hybridized carbons (Fsp3) is 0.467. The molecule has 10 heteroatoms. The SMILES string of the molecule is CCN(CCNC(=O)CN(CC(=O)N(C)N1Cc2ccccc2C1)c1cc(C#N)ccc1C)C(=O)OC(C)(C)C. The molecule has 0 bridgehead atoms. The first-order chi connectivity index (χ1) is 18.9. The lowest BCUT2D eigenvalue weighted by Gasteiger charge is -2.32. The molecule has 0 fully saturated rings. The van der Waals surface area contributed by atoms with Gasteiger partial charge >= 0.3 is 6.09 Å². The van der Waals surface area contributed by atoms with Gasteiger partial charge in [-0.1, -0.05) is 30.3 Å². The van der Waals surface area contributed by atoms with Crippen molar-refractivity contribution in [1.82, 2.24) is 20.2 Å². The standard InChI is InChI=1S/C30H40N6O4/c1-7-34(29(39)40-30(3,4)5)15-14-32-27(37)20-35(26-16-23(17-31)13-12-22(26)2)21-28(38)33(6)36-18-24-10-8-9-11-25(24)19-36/h8-13,16H,7,14-15,18-21H2,1-6H3,(H,32,37). The van der Waals surface area contributed by atoms with Crippen LogP contribution in [0.15, 0.2) is 42.5 Å². The molecule has 0 saturated carbocycles. The predicted molar refractivity (Wildman–Crippen MR) is 153 cm³/mol. The molecule has 3 amide bonds. The van der Waals surface area contributed by atoms with E-state index in [1.54, 1.807) is 49.9 Å². The van der Waals surface area contributed by atoms with Crippen molar-refractivity contribution in [2.75, 3.05) is 44.7 Å². The maximum atomic E-state index is 13.4. The van der Waals surface area contributed by atoms with Crippen molar-refractivity contribution in [2.45, 2.75) is 53.3 Å². The lowest BCUT2D eigenvalue weighted by molar-refractivity contribution is -0.145. The molecule has 0 unspecified atom stereocenters. The van der Waals surface area contributed by atoms with Crippen molar-refractivity contribution >= 4 is 23.6 Å². The Morgan fingerprint density at radius 2 is 1.73 bits per heavy atom. The van der Waals surface area contributed by atoms with Crippen LogP contribution in [0.25, 0.3) is 0 Å². The summed E-state index contributed by atoms with van der Waals surface area (Å²) in [7, 11) is 1.74. The number of nitriles is 1. The molecule has 214 valence electrons. The Morgan fingerprint density at radius 1 is 1.07 bits per heavy atom. The second-order valence-electron chi connectivity index (χ2n) is 10.9. The van der Waals surface area contributed by atoms with Gasteiger partial charge in [-0.05, 0) is 63.4 Å². The van der Waals surface area contributed by atoms with Gasteiger partial charge in [-0.15, -0.1) is 0 Å². The average molecular weight is 549 g/mol. The monoisotopic (exact) mass is 548 g/mol. The maximum absolute atomic E-state index is 13.4. The van der Waals surface area contributed by atoms with Gasteiger partial charge in [0.15, 0.2) is 0 Å². The van der Waals surface area contributed by atoms with Gasteiger partial charge in [0.2, 0.25) is 5.91 Å². The first-order valence-corrected chi connectivity index (χ1v) is 13.5. The quantitative estimate of drug-likeness (QED) is 0.485. The molecule has 10 nitrogen and oxygen atoms in total. The Kier molecular flexibility index (Phi) is 10.1. The summed E-state index contributed by atoms with van der Waals surface area (Å²) >= 11 is 0. The summed E-state index contributed by atoms with van der Waals surface area (Å²) in [6, 6.07) is 15.4. The number of nitrogens with one attached hydrogen (secondary N) is 1. The third-order valence-corrected chi connectivity index (χ3v) is 6.69. The number of fused-ring (bicyclic) bond motifs is 1. The van der Waals surface area contributed by atoms with E-state index in [-0.39, 0.29) is 38.0 Å². The van der Waals surface area contributed by atoms with Crippen molar-refractivity contribution in [1.29, 1.82) is 5.26 Å². The number of aryl methyl sites for hydroxylation is 1. The molecule has 0 aromatic heterocycles. The highest BCUT2D eigenvalue weighted by Crippen LogP contribution is 2.25. The number of amides is 3. The number of likely N-dealkylation sites (N-methyl/N-ethyl adjacent to an activating group) is 2. The van der Waals surface area contributed by atoms with Gasteiger partial charge in [-0.25, -0.2) is 9.80 Å². The molecule has 0 aliphatic carbocycles. The minimum Gasteiger partial charge on any atom is -0.444 e. The Bertz CT molecular complexity index is 1240. The summed E-state index contributed by atoms with van der Waals surface area (Å²) in [6.45, 7) is 11.2. The normalized spacial score (nSPS) is 12.7. The van der Waals surface area contributed by atoms with Gasteiger partial charge < -0.3 is 19.9 Å². The van der Waals surface area contributed by atoms with Gasteiger partial charge in [0, 0.05) is 45.5 Å². The number of anilines is 1. The van der Waals surface area contributed by atoms with Gasteiger partial charge in [-0.3, -0.25) is 14.6 Å². The lowest BCUT2D eigenvalue weighted by Crippen LogP contribution is -2.48. The fourth-order valence-corrected chi connectivity index (χ4v) is 4.46. The topological polar surface area (TPSA) is 109 Å². The van der Waals surface area contributed by atoms with Crippen LogP contribution in [0, 0.1) is 18.3 Å². The van der Waals surface area contributed by atoms with E-state index in [0.717, 1.165) is 5.56 Å². The highest BCUT2D eigenvalue weighted by atomic mass is 16.6. The van der Waals surface area contributed by atoms with Crippen LogP contribution < -0.4 is 10.2 Å². The second kappa shape index (κ2) is 13.3. The Balaban J connectivity index is 1.68. The summed E-state index contributed by atoms with van der Waals surface area (Å²) in [4.78, 5) is 42.1. The van der Waals surface area contributed by atoms with Crippen LogP contribution in [0.3, 0.4) is 0 Å². The summed E-state index contributed by atoms with van der Waals surface area (Å²) in [5, 5.41) is 15.9. The van der Waals surface area contributed by atoms with E-state index in [4.69, 9.17) is 4.74 Å². The van der Waals surface area contributed by atoms with E-state index >= 15 is 0 Å². The van der Waals surface area contributed by atoms with Crippen molar-refractivity contribution < 1.29 is 19.1 Å². The van der Waals surface area contributed by atoms with E-state index in [1.165, 1.54) is 16.0 Å². The van der Waals surface area contributed by atoms with E-state index < -0.39 is 11.7 Å². The van der Waals surface area contributed by atoms with Gasteiger partial charge in [0.05, 0.1) is 24.7 Å². The van der Waals surface area contributed by atoms with Crippen LogP contribution in [-0.4, -0.2) is 78.2 Å². The fourth-order valence-electron chi connectivity index (χ4n) is 4.46. The maximum Gasteiger partial charge on any atom is 0.410 e. The molecule has 1 aliphatic heterocycles. The highest BCUT2D eigenvalue weighted by molar-refractivity contribution is 5.87. The lowest BCUT2D eigenvalue weighted by atomic mass is 10.1. The van der Waals surface area contributed by atoms with Crippen LogP contribution in [0.1, 0.15) is 49.9 Å². The molecule has 0 atom stereocenters. The third-order valence-electron chi connectivity index (χ3n) is 6.69. The summed E-state index contributed by atoms with van der Waals surface area (Å²) < 4.78 is 5.43. The summed E-state index contributed by atoms with van der Waals surface area (Å²) in [6.07, 6.45) is -0.437. The molecule has 40 heavy (non-hydrogen) atoms. The Morgan fingerprint density at radius 3 is 2.30 bits per heavy atom. The number of benzene rings is 2. The molecule has 0 radical (unpaired) electrons. The molecule has 1 aliphatic rings. The number of carbonyl (C=O) groups excluding carboxylic acids is 3. The predicted octanol–water partition coefficient (Wildman–Crippen LogP) is 3.44. The van der Waals surface area contributed by atoms with E-state index in [1.807, 2.05) is 37.1 Å². The van der Waals surface area contributed by atoms with Crippen LogP contribution in [0.4, 0.5) is 10.5 Å². The smallest absolute Gasteiger partial charge is 0.410 e. The van der Waals surface area contributed by atoms with Crippen molar-refractivity contribution in [3.8, 4) is 6.07 Å². The number of hydrazine groups is 1. The molecule has 0 saturated heterocycles. The minimum absolute atomic E-state index is 0.0501. The van der Waals surface area contributed by atoms with E-state index in [0.29, 0.717) is 30.9 Å². The van der Waals surface area contributed by atoms with Crippen LogP contribution in [-0.2, 0) is 27.4 Å². The molecular formula is C30H40N6O4. The number of rotatable bonds is 10. The van der Waals surface area contributed by atoms with Crippen LogP contribution in [0.2, 0.25) is 0 Å². The van der Waals surface area contributed by atoms with Crippen molar-refractivity contribution in [3.63, 3.8) is 0 Å². The Hall–Kier alpha value is -4.10. The van der Waals surface area contributed by atoms with Crippen LogP contribution >= 0.6 is 0 Å². The molecular weight excluding hydrogens is 508 g/mol. The number of hydrogen-bond donors (Lipinski definition) is 1. The number of ether oxygens (including phenoxy) is 1. The van der Waals surface area contributed by atoms with Crippen LogP contribution in [0.5, 0.6) is 0 Å². The first kappa shape index (κ1) is 30.4. The van der Waals surface area contributed by atoms with Crippen molar-refractivity contribution in [3.05, 3.63) is 64.7 Å². The molecule has 2 aromatic carbocycles. The number of hydrogen-bond acceptors (Lipinski definition) is 7. The minimum atomic E-state index is -0.609. The zero-order valence-corrected chi connectivity index (χ0v) is 24.4. The zero-order chi connectivity index (χ0) is 29.4. The Labute approximate surface area is 237 Å². The molecule has 3 rings (SSSR count). The first-order valence-electron chi connectivity index (χ1n) is 13.5. The van der Waals surface area contributed by atoms with E-state index in [9.17, 15) is 19.6 Å². The third kappa shape index (κ3) is 8.20.